The van der Waals surface area contributed by atoms with Gasteiger partial charge in [0.05, 0.1) is 11.5 Å². The van der Waals surface area contributed by atoms with Crippen molar-refractivity contribution in [2.45, 2.75) is 19.3 Å². The van der Waals surface area contributed by atoms with Crippen LogP contribution in [0.4, 0.5) is 17.2 Å². The maximum Gasteiger partial charge on any atom is 0.293 e. The maximum atomic E-state index is 13.5. The predicted octanol–water partition coefficient (Wildman–Crippen LogP) is 0.0704. The van der Waals surface area contributed by atoms with Gasteiger partial charge in [0.2, 0.25) is 17.5 Å². The number of aromatic nitrogens is 1. The first-order chi connectivity index (χ1) is 19.7. The molecule has 41 heavy (non-hydrogen) atoms. The first-order valence-corrected chi connectivity index (χ1v) is 13.2. The van der Waals surface area contributed by atoms with Crippen molar-refractivity contribution in [3.05, 3.63) is 74.4 Å². The second-order valence-corrected chi connectivity index (χ2v) is 9.70. The van der Waals surface area contributed by atoms with Crippen LogP contribution in [0.15, 0.2) is 47.9 Å². The van der Waals surface area contributed by atoms with Crippen LogP contribution in [0, 0.1) is 15.3 Å². The van der Waals surface area contributed by atoms with E-state index in [9.17, 15) is 29.7 Å². The number of fused-ring (bicyclic) bond motifs is 1. The number of nitro benzene ring substituents is 1. The van der Waals surface area contributed by atoms with E-state index >= 15 is 0 Å². The van der Waals surface area contributed by atoms with Crippen LogP contribution in [-0.4, -0.2) is 84.1 Å². The van der Waals surface area contributed by atoms with E-state index in [0.29, 0.717) is 32.5 Å². The van der Waals surface area contributed by atoms with E-state index in [1.165, 1.54) is 16.0 Å². The quantitative estimate of drug-likeness (QED) is 0.0895. The van der Waals surface area contributed by atoms with Crippen molar-refractivity contribution in [2.24, 2.45) is 0 Å². The molecule has 0 spiro atoms. The van der Waals surface area contributed by atoms with Crippen molar-refractivity contribution in [3.8, 4) is 0 Å². The summed E-state index contributed by atoms with van der Waals surface area (Å²) >= 11 is 0. The fraction of sp³-hybridized carbons (Fsp3) is 0.385. The van der Waals surface area contributed by atoms with Gasteiger partial charge in [0.1, 0.15) is 11.5 Å². The zero-order valence-corrected chi connectivity index (χ0v) is 22.9. The molecule has 0 saturated heterocycles. The van der Waals surface area contributed by atoms with Gasteiger partial charge in [0.15, 0.2) is 11.4 Å². The Morgan fingerprint density at radius 3 is 2.56 bits per heavy atom. The molecule has 0 fully saturated rings. The topological polar surface area (TPSA) is 189 Å². The number of quaternary nitrogens is 1. The number of carbonyl (C=O) groups is 3. The number of hydrogen-bond donors (Lipinski definition) is 5. The monoisotopic (exact) mass is 567 g/mol. The lowest BCUT2D eigenvalue weighted by molar-refractivity contribution is -0.993. The van der Waals surface area contributed by atoms with Crippen molar-refractivity contribution in [2.75, 3.05) is 57.5 Å². The Morgan fingerprint density at radius 2 is 1.85 bits per heavy atom. The number of nitrogens with zero attached hydrogens (tertiary/aromatic N) is 4. The smallest absolute Gasteiger partial charge is 0.293 e. The second-order valence-electron chi connectivity index (χ2n) is 9.70. The van der Waals surface area contributed by atoms with Crippen molar-refractivity contribution in [1.29, 1.82) is 0 Å². The molecule has 15 nitrogen and oxygen atoms in total. The lowest BCUT2D eigenvalue weighted by Gasteiger charge is -2.28. The number of rotatable bonds is 14. The minimum atomic E-state index is -0.657. The lowest BCUT2D eigenvalue weighted by atomic mass is 9.89. The van der Waals surface area contributed by atoms with Crippen molar-refractivity contribution in [3.63, 3.8) is 0 Å². The Kier molecular flexibility index (Phi) is 9.44. The molecule has 1 unspecified atom stereocenters. The molecule has 5 N–H and O–H groups in total. The lowest BCUT2D eigenvalue weighted by Crippen LogP contribution is -3.17. The number of benzene rings is 1. The average Bonchev–Trinajstić information content (AvgIpc) is 3.29. The third-order valence-electron chi connectivity index (χ3n) is 6.64. The van der Waals surface area contributed by atoms with Gasteiger partial charge in [-0.2, -0.15) is 10.3 Å². The highest BCUT2D eigenvalue weighted by molar-refractivity contribution is 6.27. The van der Waals surface area contributed by atoms with Gasteiger partial charge in [-0.1, -0.05) is 6.07 Å². The molecule has 1 amide bonds. The van der Waals surface area contributed by atoms with Gasteiger partial charge in [-0.15, -0.1) is 0 Å². The number of nitrogens with one attached hydrogen (secondary N) is 5. The van der Waals surface area contributed by atoms with Crippen molar-refractivity contribution < 1.29 is 24.6 Å². The van der Waals surface area contributed by atoms with E-state index in [1.54, 1.807) is 20.3 Å². The number of anilines is 2. The number of pyridine rings is 1. The highest BCUT2D eigenvalue weighted by Crippen LogP contribution is 2.35. The molecule has 0 bridgehead atoms. The zero-order valence-electron chi connectivity index (χ0n) is 22.9. The van der Waals surface area contributed by atoms with Crippen molar-refractivity contribution in [1.82, 2.24) is 25.6 Å². The minimum absolute atomic E-state index is 0.0218. The van der Waals surface area contributed by atoms with E-state index < -0.39 is 21.8 Å². The number of hydrogen-bond acceptors (Lipinski definition) is 12. The maximum absolute atomic E-state index is 13.5. The van der Waals surface area contributed by atoms with E-state index in [4.69, 9.17) is 0 Å². The summed E-state index contributed by atoms with van der Waals surface area (Å²) in [5.41, 5.74) is 1.76. The van der Waals surface area contributed by atoms with E-state index in [0.717, 1.165) is 11.9 Å². The Labute approximate surface area is 236 Å². The largest absolute Gasteiger partial charge is 0.582 e. The summed E-state index contributed by atoms with van der Waals surface area (Å²) < 4.78 is 0. The molecule has 2 aromatic rings. The van der Waals surface area contributed by atoms with Crippen LogP contribution in [0.25, 0.3) is 0 Å². The van der Waals surface area contributed by atoms with Crippen LogP contribution in [-0.2, 0) is 4.79 Å². The standard InChI is InChI=1S/C26H33N9O6/c1-32(2)22(36)8-5-11-28-19-15-17-18(16-20(19)34(39)40)25(37)23-24(26(17)38)33(35(41)31-23)14-6-9-27-12-13-30-21-7-3-4-10-29-21/h3-4,7,10,15-16,27-28,31,35H,5-6,8-9,11-14H2,1-2H3,(H,29,30). The van der Waals surface area contributed by atoms with Crippen LogP contribution in [0.3, 0.4) is 0 Å². The summed E-state index contributed by atoms with van der Waals surface area (Å²) in [5.74, 6) is -0.537. The highest BCUT2D eigenvalue weighted by Gasteiger charge is 2.44. The van der Waals surface area contributed by atoms with Crippen molar-refractivity contribution >= 4 is 34.7 Å². The van der Waals surface area contributed by atoms with Gasteiger partial charge in [-0.05, 0) is 37.6 Å². The Balaban J connectivity index is 1.39. The first kappa shape index (κ1) is 29.4. The molecule has 1 aromatic heterocycles. The number of carbonyl (C=O) groups excluding carboxylic acids is 3. The van der Waals surface area contributed by atoms with Crippen LogP contribution in [0.5, 0.6) is 0 Å². The highest BCUT2D eigenvalue weighted by atomic mass is 16.6. The SMILES string of the molecule is CN(C)C(=O)CCCNc1cc2c(cc1[N+](=O)[O-])C(=O)C1=C(C2=O)N(CCCNCCNc2ccccn2)[NH+]([O-])N1. The second kappa shape index (κ2) is 13.2. The van der Waals surface area contributed by atoms with Gasteiger partial charge >= 0.3 is 0 Å². The van der Waals surface area contributed by atoms with Crippen LogP contribution in [0.1, 0.15) is 40.0 Å². The van der Waals surface area contributed by atoms with Gasteiger partial charge in [-0.25, -0.2) is 10.4 Å². The number of allylic oxidation sites excluding steroid dienone is 2. The van der Waals surface area contributed by atoms with Gasteiger partial charge < -0.3 is 26.1 Å². The predicted molar refractivity (Wildman–Crippen MR) is 150 cm³/mol. The number of ketones is 2. The fourth-order valence-corrected chi connectivity index (χ4v) is 4.52. The average molecular weight is 568 g/mol. The van der Waals surface area contributed by atoms with E-state index in [-0.39, 0.29) is 59.3 Å². The number of nitro groups is 1. The molecule has 218 valence electrons. The molecule has 1 aliphatic carbocycles. The normalized spacial score (nSPS) is 15.8. The van der Waals surface area contributed by atoms with Gasteiger partial charge in [-0.3, -0.25) is 24.5 Å². The third-order valence-corrected chi connectivity index (χ3v) is 6.64. The molecule has 15 heteroatoms. The van der Waals surface area contributed by atoms with Crippen LogP contribution < -0.4 is 26.7 Å². The fourth-order valence-electron chi connectivity index (χ4n) is 4.52. The molecule has 1 atom stereocenters. The number of Topliss-reactive ketones (excluding diaryl/α,β-unsaturated/α-hetero) is 2. The summed E-state index contributed by atoms with van der Waals surface area (Å²) in [7, 11) is 3.28. The van der Waals surface area contributed by atoms with Gasteiger partial charge in [0.25, 0.3) is 5.69 Å². The molecule has 2 aliphatic rings. The van der Waals surface area contributed by atoms with E-state index in [1.807, 2.05) is 18.2 Å². The Bertz CT molecular complexity index is 1350. The zero-order chi connectivity index (χ0) is 29.5. The summed E-state index contributed by atoms with van der Waals surface area (Å²) in [6, 6.07) is 7.93. The summed E-state index contributed by atoms with van der Waals surface area (Å²) in [6.07, 6.45) is 2.86. The third kappa shape index (κ3) is 6.77. The molecule has 1 aliphatic heterocycles. The molecule has 4 rings (SSSR count). The summed E-state index contributed by atoms with van der Waals surface area (Å²) in [4.78, 5) is 55.3. The summed E-state index contributed by atoms with van der Waals surface area (Å²) in [6.45, 7) is 2.29. The molecule has 2 heterocycles. The molecular formula is C26H33N9O6. The number of amides is 1. The Morgan fingerprint density at radius 1 is 1.07 bits per heavy atom. The molecule has 1 aromatic carbocycles. The summed E-state index contributed by atoms with van der Waals surface area (Å²) in [5, 5.41) is 34.4. The molecule has 0 radical (unpaired) electrons. The van der Waals surface area contributed by atoms with Gasteiger partial charge in [0, 0.05) is 63.5 Å². The van der Waals surface area contributed by atoms with Crippen LogP contribution >= 0.6 is 0 Å². The van der Waals surface area contributed by atoms with E-state index in [2.05, 4.69) is 26.4 Å². The molecular weight excluding hydrogens is 534 g/mol. The minimum Gasteiger partial charge on any atom is -0.582 e. The van der Waals surface area contributed by atoms with Crippen LogP contribution in [0.2, 0.25) is 0 Å². The first-order valence-electron chi connectivity index (χ1n) is 13.2. The Hall–Kier alpha value is -4.60. The molecule has 0 saturated carbocycles.